The predicted octanol–water partition coefficient (Wildman–Crippen LogP) is 5.21. The summed E-state index contributed by atoms with van der Waals surface area (Å²) in [7, 11) is 0. The Bertz CT molecular complexity index is 934. The molecule has 0 aromatic carbocycles. The summed E-state index contributed by atoms with van der Waals surface area (Å²) in [6.07, 6.45) is 1.22. The molecule has 224 valence electrons. The Morgan fingerprint density at radius 3 is 2.46 bits per heavy atom. The van der Waals surface area contributed by atoms with E-state index in [1.807, 2.05) is 12.3 Å². The number of thioether (sulfide) groups is 1. The number of carbonyl (C=O) groups is 2. The van der Waals surface area contributed by atoms with E-state index in [9.17, 15) is 19.8 Å². The maximum absolute atomic E-state index is 13.4. The number of rotatable bonds is 6. The Morgan fingerprint density at radius 1 is 1.21 bits per heavy atom. The van der Waals surface area contributed by atoms with E-state index in [0.29, 0.717) is 29.9 Å². The fourth-order valence-corrected chi connectivity index (χ4v) is 7.06. The normalized spacial score (nSPS) is 40.7. The van der Waals surface area contributed by atoms with Gasteiger partial charge >= 0.3 is 5.97 Å². The molecule has 0 spiro atoms. The second-order valence-electron chi connectivity index (χ2n) is 14.2. The lowest BCUT2D eigenvalue weighted by molar-refractivity contribution is -0.161. The van der Waals surface area contributed by atoms with Crippen molar-refractivity contribution in [2.24, 2.45) is 40.2 Å². The topological polar surface area (TPSA) is 122 Å². The van der Waals surface area contributed by atoms with E-state index in [2.05, 4.69) is 34.6 Å². The summed E-state index contributed by atoms with van der Waals surface area (Å²) in [5.74, 6) is -0.686. The van der Waals surface area contributed by atoms with Crippen LogP contribution in [0.15, 0.2) is 11.1 Å². The molecule has 3 fully saturated rings. The second-order valence-corrected chi connectivity index (χ2v) is 15.5. The van der Waals surface area contributed by atoms with Gasteiger partial charge in [0.2, 0.25) is 0 Å². The van der Waals surface area contributed by atoms with Crippen molar-refractivity contribution < 1.29 is 29.3 Å². The third kappa shape index (κ3) is 7.60. The van der Waals surface area contributed by atoms with Crippen molar-refractivity contribution in [2.45, 2.75) is 136 Å². The maximum atomic E-state index is 13.4. The summed E-state index contributed by atoms with van der Waals surface area (Å²) in [6.45, 7) is 17.6. The highest BCUT2D eigenvalue weighted by molar-refractivity contribution is 8.02. The fraction of sp³-hybridized carbons (Fsp3) is 0.871. The molecule has 0 bridgehead atoms. The number of fused-ring (bicyclic) bond motifs is 2. The summed E-state index contributed by atoms with van der Waals surface area (Å²) >= 11 is 1.71. The lowest BCUT2D eigenvalue weighted by atomic mass is 9.72. The van der Waals surface area contributed by atoms with Crippen LogP contribution in [0.4, 0.5) is 0 Å². The third-order valence-corrected chi connectivity index (χ3v) is 11.1. The van der Waals surface area contributed by atoms with Crippen molar-refractivity contribution in [1.29, 1.82) is 0 Å². The molecule has 2 aliphatic heterocycles. The molecule has 1 aliphatic carbocycles. The number of aliphatic hydroxyl groups excluding tert-OH is 2. The van der Waals surface area contributed by atoms with Gasteiger partial charge in [-0.25, -0.2) is 0 Å². The molecule has 0 amide bonds. The van der Waals surface area contributed by atoms with Gasteiger partial charge in [-0.05, 0) is 55.8 Å². The van der Waals surface area contributed by atoms with Crippen LogP contribution in [0.5, 0.6) is 0 Å². The number of epoxide rings is 1. The number of aliphatic hydroxyl groups is 2. The number of hydrogen-bond acceptors (Lipinski definition) is 8. The van der Waals surface area contributed by atoms with E-state index in [1.165, 1.54) is 0 Å². The van der Waals surface area contributed by atoms with E-state index in [1.54, 1.807) is 32.5 Å². The van der Waals surface area contributed by atoms with Crippen molar-refractivity contribution in [1.82, 2.24) is 0 Å². The summed E-state index contributed by atoms with van der Waals surface area (Å²) < 4.78 is 12.3. The van der Waals surface area contributed by atoms with E-state index in [-0.39, 0.29) is 29.8 Å². The largest absolute Gasteiger partial charge is 0.462 e. The molecule has 3 rings (SSSR count). The maximum Gasteiger partial charge on any atom is 0.308 e. The number of Topliss-reactive ketones (excluding diaryl/α,β-unsaturated/α-hetero) is 1. The summed E-state index contributed by atoms with van der Waals surface area (Å²) in [4.78, 5) is 26.6. The lowest BCUT2D eigenvalue weighted by Gasteiger charge is -2.36. The van der Waals surface area contributed by atoms with Crippen LogP contribution < -0.4 is 5.73 Å². The molecular formula is C31H53NO6S. The van der Waals surface area contributed by atoms with Crippen LogP contribution in [-0.2, 0) is 19.1 Å². The number of nitrogens with two attached hydrogens (primary N) is 1. The Balaban J connectivity index is 1.85. The van der Waals surface area contributed by atoms with E-state index in [4.69, 9.17) is 15.2 Å². The number of allylic oxidation sites excluding steroid dienone is 1. The first-order valence-electron chi connectivity index (χ1n) is 14.8. The number of cyclic esters (lactones) is 1. The first kappa shape index (κ1) is 32.4. The number of esters is 1. The Hall–Kier alpha value is -1.09. The van der Waals surface area contributed by atoms with Gasteiger partial charge in [0.1, 0.15) is 11.9 Å². The molecule has 0 aromatic rings. The minimum absolute atomic E-state index is 0.0321. The van der Waals surface area contributed by atoms with Crippen LogP contribution in [0, 0.1) is 34.5 Å². The highest BCUT2D eigenvalue weighted by atomic mass is 32.2. The van der Waals surface area contributed by atoms with Gasteiger partial charge in [-0.2, -0.15) is 0 Å². The zero-order valence-corrected chi connectivity index (χ0v) is 26.3. The molecule has 0 radical (unpaired) electrons. The Morgan fingerprint density at radius 2 is 1.85 bits per heavy atom. The molecule has 1 saturated carbocycles. The molecule has 10 atom stereocenters. The van der Waals surface area contributed by atoms with Crippen LogP contribution in [0.2, 0.25) is 0 Å². The third-order valence-electron chi connectivity index (χ3n) is 9.91. The minimum atomic E-state index is -1.23. The smallest absolute Gasteiger partial charge is 0.308 e. The molecule has 2 heterocycles. The summed E-state index contributed by atoms with van der Waals surface area (Å²) in [5, 5.41) is 24.6. The van der Waals surface area contributed by atoms with Gasteiger partial charge < -0.3 is 25.4 Å². The standard InChI is InChI=1S/C31H53NO6S/c1-10-17(2)39-16-21(32)15-29(5,6)24-13-25-31(9,38-25)14-20-11-22(20)18(3)27(35)19(4)28(36)30(7,8)23(33)12-26(34)37-24/h16-20,22-25,27,33,35H,10-15,32H2,1-9H3/b21-16-/t17?,18-,19+,20?,22?,23-,24-,25?,27-,31?/m0/s1. The molecule has 7 nitrogen and oxygen atoms in total. The number of hydrogen-bond donors (Lipinski definition) is 3. The molecule has 0 aromatic heterocycles. The zero-order valence-electron chi connectivity index (χ0n) is 25.5. The predicted molar refractivity (Wildman–Crippen MR) is 156 cm³/mol. The molecule has 39 heavy (non-hydrogen) atoms. The fourth-order valence-electron chi connectivity index (χ4n) is 6.38. The van der Waals surface area contributed by atoms with E-state index in [0.717, 1.165) is 25.0 Å². The average molecular weight is 568 g/mol. The van der Waals surface area contributed by atoms with Crippen LogP contribution in [-0.4, -0.2) is 57.2 Å². The summed E-state index contributed by atoms with van der Waals surface area (Å²) in [6, 6.07) is 0. The van der Waals surface area contributed by atoms with Gasteiger partial charge in [-0.1, -0.05) is 55.4 Å². The van der Waals surface area contributed by atoms with Crippen molar-refractivity contribution >= 4 is 23.5 Å². The summed E-state index contributed by atoms with van der Waals surface area (Å²) in [5.41, 5.74) is 5.21. The van der Waals surface area contributed by atoms with Crippen molar-refractivity contribution in [3.63, 3.8) is 0 Å². The average Bonchev–Trinajstić information content (AvgIpc) is 3.75. The van der Waals surface area contributed by atoms with Crippen LogP contribution in [0.1, 0.15) is 101 Å². The van der Waals surface area contributed by atoms with Crippen LogP contribution >= 0.6 is 11.8 Å². The van der Waals surface area contributed by atoms with Gasteiger partial charge in [-0.15, -0.1) is 11.8 Å². The first-order valence-corrected chi connectivity index (χ1v) is 15.7. The first-order chi connectivity index (χ1) is 17.9. The molecule has 4 N–H and O–H groups in total. The molecule has 8 heteroatoms. The zero-order chi connectivity index (χ0) is 29.5. The van der Waals surface area contributed by atoms with Crippen LogP contribution in [0.3, 0.4) is 0 Å². The van der Waals surface area contributed by atoms with E-state index >= 15 is 0 Å². The minimum Gasteiger partial charge on any atom is -0.462 e. The van der Waals surface area contributed by atoms with Crippen LogP contribution in [0.25, 0.3) is 0 Å². The van der Waals surface area contributed by atoms with E-state index < -0.39 is 41.0 Å². The van der Waals surface area contributed by atoms with Crippen molar-refractivity contribution in [3.05, 3.63) is 11.1 Å². The Kier molecular flexibility index (Phi) is 10.00. The molecule has 5 unspecified atom stereocenters. The van der Waals surface area contributed by atoms with Gasteiger partial charge in [0.05, 0.1) is 35.7 Å². The number of ketones is 1. The monoisotopic (exact) mass is 567 g/mol. The quantitative estimate of drug-likeness (QED) is 0.295. The van der Waals surface area contributed by atoms with Gasteiger partial charge in [0, 0.05) is 28.7 Å². The van der Waals surface area contributed by atoms with Gasteiger partial charge in [0.25, 0.3) is 0 Å². The Labute approximate surface area is 240 Å². The highest BCUT2D eigenvalue weighted by Gasteiger charge is 2.59. The van der Waals surface area contributed by atoms with Crippen molar-refractivity contribution in [3.8, 4) is 0 Å². The molecule has 2 saturated heterocycles. The number of carbonyl (C=O) groups excluding carboxylic acids is 2. The molecule has 3 aliphatic rings. The highest BCUT2D eigenvalue weighted by Crippen LogP contribution is 2.56. The van der Waals surface area contributed by atoms with Gasteiger partial charge in [0.15, 0.2) is 0 Å². The lowest BCUT2D eigenvalue weighted by Crippen LogP contribution is -2.46. The second kappa shape index (κ2) is 12.0. The van der Waals surface area contributed by atoms with Gasteiger partial charge in [-0.3, -0.25) is 9.59 Å². The van der Waals surface area contributed by atoms with Crippen molar-refractivity contribution in [2.75, 3.05) is 0 Å². The SMILES string of the molecule is CCC(C)S/C=C(\N)CC(C)(C)[C@@H]1CC2OC2(C)CC2CC2[C@H](C)[C@H](O)[C@@H](C)C(=O)C(C)(C)[C@@H](O)CC(=O)O1. The number of ether oxygens (including phenoxy) is 2. The molecular weight excluding hydrogens is 514 g/mol.